The van der Waals surface area contributed by atoms with Crippen molar-refractivity contribution in [2.45, 2.75) is 18.8 Å². The summed E-state index contributed by atoms with van der Waals surface area (Å²) in [5.74, 6) is -1.71. The van der Waals surface area contributed by atoms with Gasteiger partial charge in [-0.15, -0.1) is 0 Å². The molecule has 8 heteroatoms. The smallest absolute Gasteiger partial charge is 0.430 e. The molecule has 0 saturated heterocycles. The van der Waals surface area contributed by atoms with E-state index in [1.165, 1.54) is 6.07 Å². The lowest BCUT2D eigenvalue weighted by Gasteiger charge is -2.29. The van der Waals surface area contributed by atoms with E-state index in [-0.39, 0.29) is 5.56 Å². The monoisotopic (exact) mass is 368 g/mol. The molecule has 0 aromatic heterocycles. The van der Waals surface area contributed by atoms with Crippen LogP contribution in [0.4, 0.5) is 13.2 Å². The molecule has 114 valence electrons. The largest absolute Gasteiger partial charge is 0.475 e. The summed E-state index contributed by atoms with van der Waals surface area (Å²) in [4.78, 5) is 11.6. The van der Waals surface area contributed by atoms with Crippen LogP contribution < -0.4 is 4.74 Å². The van der Waals surface area contributed by atoms with Gasteiger partial charge in [-0.2, -0.15) is 13.2 Å². The average Bonchev–Trinajstić information content (AvgIpc) is 2.42. The highest BCUT2D eigenvalue weighted by Gasteiger charge is 2.49. The summed E-state index contributed by atoms with van der Waals surface area (Å²) in [5, 5.41) is 9.52. The zero-order valence-electron chi connectivity index (χ0n) is 12.5. The van der Waals surface area contributed by atoms with Crippen molar-refractivity contribution in [1.29, 1.82) is 0 Å². The minimum Gasteiger partial charge on any atom is -0.475 e. The molecule has 0 unspecified atom stereocenters. The molecule has 0 spiro atoms. The van der Waals surface area contributed by atoms with Crippen molar-refractivity contribution < 1.29 is 35.3 Å². The molecule has 0 aliphatic carbocycles. The van der Waals surface area contributed by atoms with Crippen LogP contribution in [-0.4, -0.2) is 30.5 Å². The van der Waals surface area contributed by atoms with E-state index in [2.05, 4.69) is 20.7 Å². The molecule has 21 heavy (non-hydrogen) atoms. The second-order valence-corrected chi connectivity index (χ2v) is 5.03. The molecule has 1 heterocycles. The SMILES string of the molecule is [2H]C([2H])(O)c1cc(Br)cc2c1O[C@H](C(F)(F)F)C(C(=O)OC)=C2. The number of fused-ring (bicyclic) bond motifs is 1. The Hall–Kier alpha value is -1.54. The van der Waals surface area contributed by atoms with Gasteiger partial charge in [-0.25, -0.2) is 4.79 Å². The zero-order chi connectivity index (χ0) is 17.6. The quantitative estimate of drug-likeness (QED) is 0.815. The molecule has 1 aromatic carbocycles. The van der Waals surface area contributed by atoms with Gasteiger partial charge >= 0.3 is 12.1 Å². The number of hydrogen-bond acceptors (Lipinski definition) is 4. The lowest BCUT2D eigenvalue weighted by Crippen LogP contribution is -2.40. The third-order valence-electron chi connectivity index (χ3n) is 2.75. The summed E-state index contributed by atoms with van der Waals surface area (Å²) >= 11 is 3.06. The molecule has 0 radical (unpaired) electrons. The number of aliphatic hydroxyl groups is 1. The summed E-state index contributed by atoms with van der Waals surface area (Å²) in [7, 11) is 0.935. The van der Waals surface area contributed by atoms with Gasteiger partial charge in [0.15, 0.2) is 0 Å². The first-order chi connectivity index (χ1) is 10.4. The third kappa shape index (κ3) is 3.06. The Bertz CT molecular complexity index is 683. The molecule has 1 aliphatic heterocycles. The van der Waals surface area contributed by atoms with Crippen molar-refractivity contribution in [1.82, 2.24) is 0 Å². The summed E-state index contributed by atoms with van der Waals surface area (Å²) in [6.45, 7) is -2.93. The van der Waals surface area contributed by atoms with Crippen molar-refractivity contribution in [2.75, 3.05) is 7.11 Å². The number of carbonyl (C=O) groups is 1. The number of hydrogen-bond donors (Lipinski definition) is 1. The van der Waals surface area contributed by atoms with Gasteiger partial charge in [0.2, 0.25) is 6.10 Å². The first kappa shape index (κ1) is 13.1. The van der Waals surface area contributed by atoms with Gasteiger partial charge in [-0.05, 0) is 18.2 Å². The molecule has 0 fully saturated rings. The van der Waals surface area contributed by atoms with Gasteiger partial charge in [0.05, 0.1) is 22.0 Å². The standard InChI is InChI=1S/C13H10BrF3O4/c1-20-12(19)9-4-6-2-8(14)3-7(5-18)10(6)21-11(9)13(15,16)17/h2-4,11,18H,5H2,1H3/t11-/m0/s1/i5D2. The number of methoxy groups -OCH3 is 1. The highest BCUT2D eigenvalue weighted by molar-refractivity contribution is 9.10. The number of carbonyl (C=O) groups excluding carboxylic acids is 1. The number of benzene rings is 1. The van der Waals surface area contributed by atoms with Crippen LogP contribution in [0.5, 0.6) is 5.75 Å². The third-order valence-corrected chi connectivity index (χ3v) is 3.21. The van der Waals surface area contributed by atoms with Gasteiger partial charge in [-0.3, -0.25) is 0 Å². The molecular weight excluding hydrogens is 357 g/mol. The molecule has 2 rings (SSSR count). The zero-order valence-corrected chi connectivity index (χ0v) is 12.1. The van der Waals surface area contributed by atoms with Crippen molar-refractivity contribution in [3.8, 4) is 5.75 Å². The minimum absolute atomic E-state index is 0.00759. The minimum atomic E-state index is -4.93. The molecule has 0 amide bonds. The lowest BCUT2D eigenvalue weighted by atomic mass is 9.99. The van der Waals surface area contributed by atoms with Crippen LogP contribution in [0.25, 0.3) is 6.08 Å². The number of ether oxygens (including phenoxy) is 2. The number of esters is 1. The average molecular weight is 369 g/mol. The molecule has 1 N–H and O–H groups in total. The summed E-state index contributed by atoms with van der Waals surface area (Å²) in [6, 6.07) is 2.43. The highest BCUT2D eigenvalue weighted by Crippen LogP contribution is 2.40. The Morgan fingerprint density at radius 1 is 1.57 bits per heavy atom. The Kier molecular flexibility index (Phi) is 3.56. The van der Waals surface area contributed by atoms with Crippen LogP contribution in [-0.2, 0) is 16.1 Å². The Morgan fingerprint density at radius 3 is 2.76 bits per heavy atom. The van der Waals surface area contributed by atoms with E-state index in [4.69, 9.17) is 7.48 Å². The van der Waals surface area contributed by atoms with Crippen LogP contribution in [0, 0.1) is 0 Å². The van der Waals surface area contributed by atoms with E-state index in [9.17, 15) is 23.1 Å². The van der Waals surface area contributed by atoms with Crippen LogP contribution in [0.15, 0.2) is 22.2 Å². The van der Waals surface area contributed by atoms with Gasteiger partial charge in [0.1, 0.15) is 5.75 Å². The second kappa shape index (κ2) is 5.69. The fourth-order valence-electron chi connectivity index (χ4n) is 1.89. The molecule has 4 nitrogen and oxygen atoms in total. The van der Waals surface area contributed by atoms with E-state index >= 15 is 0 Å². The maximum Gasteiger partial charge on any atom is 0.430 e. The van der Waals surface area contributed by atoms with Gasteiger partial charge in [0.25, 0.3) is 0 Å². The first-order valence-electron chi connectivity index (χ1n) is 6.55. The van der Waals surface area contributed by atoms with E-state index in [0.717, 1.165) is 19.3 Å². The molecule has 1 atom stereocenters. The lowest BCUT2D eigenvalue weighted by molar-refractivity contribution is -0.187. The maximum atomic E-state index is 13.2. The molecule has 0 bridgehead atoms. The molecule has 0 saturated carbocycles. The predicted octanol–water partition coefficient (Wildman–Crippen LogP) is 2.82. The summed E-state index contributed by atoms with van der Waals surface area (Å²) in [5.41, 5.74) is -1.25. The van der Waals surface area contributed by atoms with Crippen LogP contribution >= 0.6 is 15.9 Å². The van der Waals surface area contributed by atoms with Gasteiger partial charge < -0.3 is 14.6 Å². The molecule has 1 aliphatic rings. The number of alkyl halides is 3. The van der Waals surface area contributed by atoms with Crippen LogP contribution in [0.3, 0.4) is 0 Å². The molecule has 1 aromatic rings. The number of rotatable bonds is 2. The maximum absolute atomic E-state index is 13.2. The normalized spacial score (nSPS) is 19.7. The Labute approximate surface area is 129 Å². The topological polar surface area (TPSA) is 55.8 Å². The molecular formula is C13H10BrF3O4. The van der Waals surface area contributed by atoms with Crippen molar-refractivity contribution in [2.24, 2.45) is 0 Å². The van der Waals surface area contributed by atoms with Gasteiger partial charge in [0, 0.05) is 15.6 Å². The Morgan fingerprint density at radius 2 is 2.24 bits per heavy atom. The van der Waals surface area contributed by atoms with Crippen LogP contribution in [0.1, 0.15) is 13.9 Å². The van der Waals surface area contributed by atoms with E-state index in [1.807, 2.05) is 0 Å². The summed E-state index contributed by atoms with van der Waals surface area (Å²) < 4.78 is 63.6. The van der Waals surface area contributed by atoms with Crippen molar-refractivity contribution in [3.05, 3.63) is 33.3 Å². The first-order valence-corrected chi connectivity index (χ1v) is 6.34. The van der Waals surface area contributed by atoms with E-state index in [1.54, 1.807) is 0 Å². The fraction of sp³-hybridized carbons (Fsp3) is 0.308. The Balaban J connectivity index is 2.70. The predicted molar refractivity (Wildman–Crippen MR) is 70.5 cm³/mol. The van der Waals surface area contributed by atoms with Crippen molar-refractivity contribution in [3.63, 3.8) is 0 Å². The van der Waals surface area contributed by atoms with Gasteiger partial charge in [-0.1, -0.05) is 15.9 Å². The summed E-state index contributed by atoms with van der Waals surface area (Å²) in [6.07, 6.45) is -6.64. The van der Waals surface area contributed by atoms with Crippen molar-refractivity contribution >= 4 is 28.0 Å². The van der Waals surface area contributed by atoms with Crippen LogP contribution in [0.2, 0.25) is 0 Å². The van der Waals surface area contributed by atoms with E-state index in [0.29, 0.717) is 4.47 Å². The fourth-order valence-corrected chi connectivity index (χ4v) is 2.36. The second-order valence-electron chi connectivity index (χ2n) is 4.11. The number of halogens is 4. The highest BCUT2D eigenvalue weighted by atomic mass is 79.9. The van der Waals surface area contributed by atoms with E-state index < -0.39 is 41.7 Å².